The summed E-state index contributed by atoms with van der Waals surface area (Å²) in [5.74, 6) is 2.56. The second-order valence-corrected chi connectivity index (χ2v) is 6.50. The lowest BCUT2D eigenvalue weighted by atomic mass is 10.2. The van der Waals surface area contributed by atoms with E-state index in [9.17, 15) is 4.79 Å². The van der Waals surface area contributed by atoms with Crippen LogP contribution < -0.4 is 9.47 Å². The summed E-state index contributed by atoms with van der Waals surface area (Å²) in [4.78, 5) is 18.8. The van der Waals surface area contributed by atoms with Crippen molar-refractivity contribution in [3.63, 3.8) is 0 Å². The molecule has 0 radical (unpaired) electrons. The number of hydrogen-bond acceptors (Lipinski definition) is 6. The molecule has 7 nitrogen and oxygen atoms in total. The number of nitrogens with zero attached hydrogens (tertiary/aromatic N) is 3. The van der Waals surface area contributed by atoms with Crippen LogP contribution in [0.15, 0.2) is 53.1 Å². The zero-order valence-electron chi connectivity index (χ0n) is 16.9. The average molecular weight is 395 g/mol. The maximum Gasteiger partial charge on any atom is 0.227 e. The number of carbonyl (C=O) groups is 1. The molecule has 7 heteroatoms. The first-order valence-corrected chi connectivity index (χ1v) is 9.50. The number of ether oxygens (including phenoxy) is 2. The number of aryl methyl sites for hydroxylation is 1. The first-order valence-electron chi connectivity index (χ1n) is 9.50. The maximum absolute atomic E-state index is 12.6. The Balaban J connectivity index is 1.56. The third kappa shape index (κ3) is 5.34. The van der Waals surface area contributed by atoms with E-state index in [1.54, 1.807) is 14.2 Å². The van der Waals surface area contributed by atoms with Gasteiger partial charge < -0.3 is 18.9 Å². The molecule has 152 valence electrons. The van der Waals surface area contributed by atoms with Crippen LogP contribution in [0.1, 0.15) is 24.8 Å². The first-order chi connectivity index (χ1) is 14.1. The average Bonchev–Trinajstić information content (AvgIpc) is 3.25. The minimum absolute atomic E-state index is 0.0486. The summed E-state index contributed by atoms with van der Waals surface area (Å²) in [6.45, 7) is 3.15. The van der Waals surface area contributed by atoms with E-state index in [1.165, 1.54) is 0 Å². The van der Waals surface area contributed by atoms with E-state index in [4.69, 9.17) is 14.0 Å². The minimum atomic E-state index is 0.0486. The molecule has 1 heterocycles. The molecule has 0 bridgehead atoms. The van der Waals surface area contributed by atoms with E-state index >= 15 is 0 Å². The van der Waals surface area contributed by atoms with Gasteiger partial charge in [0.1, 0.15) is 11.5 Å². The lowest BCUT2D eigenvalue weighted by molar-refractivity contribution is -0.131. The van der Waals surface area contributed by atoms with Crippen molar-refractivity contribution in [2.75, 3.05) is 20.8 Å². The molecule has 1 aromatic heterocycles. The summed E-state index contributed by atoms with van der Waals surface area (Å²) < 4.78 is 15.6. The predicted molar refractivity (Wildman–Crippen MR) is 109 cm³/mol. The van der Waals surface area contributed by atoms with Gasteiger partial charge in [0, 0.05) is 31.5 Å². The Kier molecular flexibility index (Phi) is 6.84. The molecule has 0 aliphatic heterocycles. The normalized spacial score (nSPS) is 10.6. The quantitative estimate of drug-likeness (QED) is 0.549. The van der Waals surface area contributed by atoms with Gasteiger partial charge in [-0.2, -0.15) is 4.98 Å². The molecule has 29 heavy (non-hydrogen) atoms. The highest BCUT2D eigenvalue weighted by molar-refractivity contribution is 5.76. The highest BCUT2D eigenvalue weighted by atomic mass is 16.5. The zero-order valence-corrected chi connectivity index (χ0v) is 16.9. The van der Waals surface area contributed by atoms with Crippen molar-refractivity contribution in [2.45, 2.75) is 26.3 Å². The molecule has 0 unspecified atom stereocenters. The van der Waals surface area contributed by atoms with Gasteiger partial charge in [-0.3, -0.25) is 4.79 Å². The Hall–Kier alpha value is -3.35. The van der Waals surface area contributed by atoms with Crippen LogP contribution in [0.2, 0.25) is 0 Å². The highest BCUT2D eigenvalue weighted by Gasteiger charge is 2.15. The van der Waals surface area contributed by atoms with Gasteiger partial charge in [0.25, 0.3) is 0 Å². The van der Waals surface area contributed by atoms with Crippen LogP contribution in [0.5, 0.6) is 11.5 Å². The van der Waals surface area contributed by atoms with Gasteiger partial charge in [0.15, 0.2) is 0 Å². The Bertz CT molecular complexity index is 920. The van der Waals surface area contributed by atoms with Crippen LogP contribution in [0.3, 0.4) is 0 Å². The number of methoxy groups -OCH3 is 2. The van der Waals surface area contributed by atoms with Crippen LogP contribution in [0.4, 0.5) is 0 Å². The molecule has 0 aliphatic rings. The first kappa shape index (κ1) is 20.4. The van der Waals surface area contributed by atoms with Crippen molar-refractivity contribution >= 4 is 5.91 Å². The van der Waals surface area contributed by atoms with Gasteiger partial charge >= 0.3 is 0 Å². The van der Waals surface area contributed by atoms with E-state index in [0.717, 1.165) is 22.6 Å². The number of rotatable bonds is 9. The van der Waals surface area contributed by atoms with Gasteiger partial charge in [-0.1, -0.05) is 17.3 Å². The second kappa shape index (κ2) is 9.73. The Morgan fingerprint density at radius 1 is 1.00 bits per heavy atom. The Morgan fingerprint density at radius 3 is 2.21 bits per heavy atom. The fraction of sp³-hybridized carbons (Fsp3) is 0.318. The molecule has 3 rings (SSSR count). The van der Waals surface area contributed by atoms with Crippen molar-refractivity contribution in [3.8, 4) is 22.9 Å². The summed E-state index contributed by atoms with van der Waals surface area (Å²) in [5.41, 5.74) is 1.89. The molecule has 2 aromatic carbocycles. The molecule has 0 aliphatic carbocycles. The van der Waals surface area contributed by atoms with E-state index in [1.807, 2.05) is 60.4 Å². The molecule has 0 spiro atoms. The minimum Gasteiger partial charge on any atom is -0.497 e. The number of hydrogen-bond donors (Lipinski definition) is 0. The van der Waals surface area contributed by atoms with E-state index in [0.29, 0.717) is 37.6 Å². The Labute approximate surface area is 170 Å². The third-order valence-corrected chi connectivity index (χ3v) is 4.64. The van der Waals surface area contributed by atoms with Gasteiger partial charge in [-0.25, -0.2) is 0 Å². The monoisotopic (exact) mass is 395 g/mol. The van der Waals surface area contributed by atoms with E-state index in [2.05, 4.69) is 10.1 Å². The molecular formula is C22H25N3O4. The number of benzene rings is 2. The standard InChI is InChI=1S/C22H25N3O4/c1-4-25(15-16-5-9-18(27-2)10-6-16)21(26)14-13-20-23-22(24-29-20)17-7-11-19(28-3)12-8-17/h5-12H,4,13-15H2,1-3H3. The SMILES string of the molecule is CCN(Cc1ccc(OC)cc1)C(=O)CCc1nc(-c2ccc(OC)cc2)no1. The summed E-state index contributed by atoms with van der Waals surface area (Å²) in [5, 5.41) is 4.01. The van der Waals surface area contributed by atoms with Crippen molar-refractivity contribution < 1.29 is 18.8 Å². The van der Waals surface area contributed by atoms with Crippen molar-refractivity contribution in [3.05, 3.63) is 60.0 Å². The predicted octanol–water partition coefficient (Wildman–Crippen LogP) is 3.74. The maximum atomic E-state index is 12.6. The lowest BCUT2D eigenvalue weighted by Crippen LogP contribution is -2.30. The van der Waals surface area contributed by atoms with Crippen LogP contribution in [0, 0.1) is 0 Å². The molecule has 0 saturated carbocycles. The largest absolute Gasteiger partial charge is 0.497 e. The van der Waals surface area contributed by atoms with Gasteiger partial charge in [0.05, 0.1) is 14.2 Å². The van der Waals surface area contributed by atoms with Crippen LogP contribution in [0.25, 0.3) is 11.4 Å². The fourth-order valence-electron chi connectivity index (χ4n) is 2.91. The van der Waals surface area contributed by atoms with Crippen molar-refractivity contribution in [2.24, 2.45) is 0 Å². The topological polar surface area (TPSA) is 77.7 Å². The van der Waals surface area contributed by atoms with Crippen molar-refractivity contribution in [1.29, 1.82) is 0 Å². The molecule has 1 amide bonds. The number of carbonyl (C=O) groups excluding carboxylic acids is 1. The summed E-state index contributed by atoms with van der Waals surface area (Å²) >= 11 is 0. The van der Waals surface area contributed by atoms with Gasteiger partial charge in [-0.05, 0) is 48.9 Å². The summed E-state index contributed by atoms with van der Waals surface area (Å²) in [7, 11) is 3.25. The zero-order chi connectivity index (χ0) is 20.6. The van der Waals surface area contributed by atoms with E-state index < -0.39 is 0 Å². The van der Waals surface area contributed by atoms with Crippen LogP contribution >= 0.6 is 0 Å². The molecule has 0 saturated heterocycles. The summed E-state index contributed by atoms with van der Waals surface area (Å²) in [6.07, 6.45) is 0.718. The number of aromatic nitrogens is 2. The Morgan fingerprint density at radius 2 is 1.62 bits per heavy atom. The van der Waals surface area contributed by atoms with Crippen molar-refractivity contribution in [1.82, 2.24) is 15.0 Å². The third-order valence-electron chi connectivity index (χ3n) is 4.64. The molecule has 0 atom stereocenters. The number of amides is 1. The molecule has 3 aromatic rings. The molecular weight excluding hydrogens is 370 g/mol. The molecule has 0 fully saturated rings. The van der Waals surface area contributed by atoms with Gasteiger partial charge in [-0.15, -0.1) is 0 Å². The van der Waals surface area contributed by atoms with Gasteiger partial charge in [0.2, 0.25) is 17.6 Å². The fourth-order valence-corrected chi connectivity index (χ4v) is 2.91. The summed E-state index contributed by atoms with van der Waals surface area (Å²) in [6, 6.07) is 15.1. The van der Waals surface area contributed by atoms with Crippen LogP contribution in [-0.4, -0.2) is 41.7 Å². The van der Waals surface area contributed by atoms with Crippen LogP contribution in [-0.2, 0) is 17.8 Å². The smallest absolute Gasteiger partial charge is 0.227 e. The van der Waals surface area contributed by atoms with E-state index in [-0.39, 0.29) is 5.91 Å². The second-order valence-electron chi connectivity index (χ2n) is 6.50. The lowest BCUT2D eigenvalue weighted by Gasteiger charge is -2.21. The molecule has 0 N–H and O–H groups in total. The highest BCUT2D eigenvalue weighted by Crippen LogP contribution is 2.20.